The minimum Gasteiger partial charge on any atom is -0.507 e. The molecule has 6 nitrogen and oxygen atoms in total. The lowest BCUT2D eigenvalue weighted by atomic mass is 10.0. The van der Waals surface area contributed by atoms with Crippen molar-refractivity contribution in [1.29, 1.82) is 0 Å². The third-order valence-corrected chi connectivity index (χ3v) is 3.49. The Labute approximate surface area is 145 Å². The Bertz CT molecular complexity index is 849. The number of alkyl halides is 3. The lowest BCUT2D eigenvalue weighted by molar-refractivity contribution is -0.138. The summed E-state index contributed by atoms with van der Waals surface area (Å²) in [6, 6.07) is 6.55. The number of methoxy groups -OCH3 is 1. The van der Waals surface area contributed by atoms with E-state index in [2.05, 4.69) is 5.32 Å². The van der Waals surface area contributed by atoms with Gasteiger partial charge >= 0.3 is 12.1 Å². The van der Waals surface area contributed by atoms with E-state index < -0.39 is 35.8 Å². The van der Waals surface area contributed by atoms with E-state index in [9.17, 15) is 27.9 Å². The van der Waals surface area contributed by atoms with Crippen molar-refractivity contribution in [3.8, 4) is 11.5 Å². The van der Waals surface area contributed by atoms with Crippen molar-refractivity contribution in [2.24, 2.45) is 0 Å². The van der Waals surface area contributed by atoms with Crippen LogP contribution >= 0.6 is 0 Å². The lowest BCUT2D eigenvalue weighted by Gasteiger charge is -2.14. The van der Waals surface area contributed by atoms with Crippen LogP contribution in [0.2, 0.25) is 0 Å². The van der Waals surface area contributed by atoms with E-state index in [0.29, 0.717) is 0 Å². The van der Waals surface area contributed by atoms with Gasteiger partial charge in [0.25, 0.3) is 0 Å². The Kier molecular flexibility index (Phi) is 5.39. The molecule has 0 aliphatic rings. The zero-order valence-electron chi connectivity index (χ0n) is 13.4. The summed E-state index contributed by atoms with van der Waals surface area (Å²) in [6.07, 6.45) is -5.23. The fraction of sp³-hybridized carbons (Fsp3) is 0.176. The van der Waals surface area contributed by atoms with E-state index in [4.69, 9.17) is 9.84 Å². The molecule has 0 radical (unpaired) electrons. The first kappa shape index (κ1) is 19.1. The van der Waals surface area contributed by atoms with Gasteiger partial charge in [0.1, 0.15) is 17.1 Å². The highest BCUT2D eigenvalue weighted by Crippen LogP contribution is 2.34. The van der Waals surface area contributed by atoms with Crippen LogP contribution in [-0.4, -0.2) is 29.2 Å². The number of nitrogens with one attached hydrogen (secondary N) is 1. The van der Waals surface area contributed by atoms with Gasteiger partial charge in [-0.15, -0.1) is 0 Å². The zero-order chi connectivity index (χ0) is 19.5. The lowest BCUT2D eigenvalue weighted by Crippen LogP contribution is -2.18. The summed E-state index contributed by atoms with van der Waals surface area (Å²) in [5.41, 5.74) is -1.55. The molecule has 0 fully saturated rings. The van der Waals surface area contributed by atoms with Crippen LogP contribution in [0, 0.1) is 0 Å². The van der Waals surface area contributed by atoms with Gasteiger partial charge in [-0.25, -0.2) is 4.79 Å². The number of carbonyl (C=O) groups is 2. The Hall–Kier alpha value is -3.23. The van der Waals surface area contributed by atoms with Crippen molar-refractivity contribution in [2.75, 3.05) is 12.4 Å². The van der Waals surface area contributed by atoms with Crippen molar-refractivity contribution in [3.63, 3.8) is 0 Å². The zero-order valence-corrected chi connectivity index (χ0v) is 13.4. The van der Waals surface area contributed by atoms with Crippen LogP contribution in [0.1, 0.15) is 21.5 Å². The normalized spacial score (nSPS) is 11.1. The van der Waals surface area contributed by atoms with Crippen molar-refractivity contribution in [2.45, 2.75) is 12.6 Å². The number of carboxylic acids is 1. The standard InChI is InChI=1S/C17H14F3NO5/c1-26-11-4-2-9(13(8-11)17(18,19)20)6-15(23)21-10-3-5-12(16(24)25)14(22)7-10/h2-5,7-8,22H,6H2,1H3,(H,21,23)(H,24,25). The number of benzene rings is 2. The third kappa shape index (κ3) is 4.44. The van der Waals surface area contributed by atoms with Crippen LogP contribution in [0.3, 0.4) is 0 Å². The van der Waals surface area contributed by atoms with Gasteiger partial charge in [-0.3, -0.25) is 4.79 Å². The smallest absolute Gasteiger partial charge is 0.416 e. The van der Waals surface area contributed by atoms with E-state index in [1.54, 1.807) is 0 Å². The van der Waals surface area contributed by atoms with Gasteiger partial charge in [-0.2, -0.15) is 13.2 Å². The SMILES string of the molecule is COc1ccc(CC(=O)Nc2ccc(C(=O)O)c(O)c2)c(C(F)(F)F)c1. The highest BCUT2D eigenvalue weighted by atomic mass is 19.4. The molecule has 138 valence electrons. The molecule has 2 aromatic carbocycles. The Morgan fingerprint density at radius 2 is 1.85 bits per heavy atom. The second-order valence-electron chi connectivity index (χ2n) is 5.28. The Morgan fingerprint density at radius 3 is 2.38 bits per heavy atom. The summed E-state index contributed by atoms with van der Waals surface area (Å²) in [7, 11) is 1.23. The highest BCUT2D eigenvalue weighted by Gasteiger charge is 2.34. The predicted octanol–water partition coefficient (Wildman–Crippen LogP) is 3.30. The quantitative estimate of drug-likeness (QED) is 0.752. The molecule has 0 bridgehead atoms. The molecule has 0 atom stereocenters. The minimum atomic E-state index is -4.66. The van der Waals surface area contributed by atoms with Crippen LogP contribution in [-0.2, 0) is 17.4 Å². The van der Waals surface area contributed by atoms with Gasteiger partial charge in [-0.05, 0) is 29.8 Å². The number of hydrogen-bond acceptors (Lipinski definition) is 4. The fourth-order valence-electron chi connectivity index (χ4n) is 2.27. The van der Waals surface area contributed by atoms with E-state index >= 15 is 0 Å². The summed E-state index contributed by atoms with van der Waals surface area (Å²) >= 11 is 0. The number of phenols is 1. The van der Waals surface area contributed by atoms with Gasteiger partial charge < -0.3 is 20.3 Å². The average Bonchev–Trinajstić information content (AvgIpc) is 2.53. The Morgan fingerprint density at radius 1 is 1.15 bits per heavy atom. The van der Waals surface area contributed by atoms with E-state index in [1.807, 2.05) is 0 Å². The Balaban J connectivity index is 2.20. The molecule has 0 aliphatic carbocycles. The number of halogens is 3. The molecule has 1 amide bonds. The van der Waals surface area contributed by atoms with Gasteiger partial charge in [0.05, 0.1) is 19.1 Å². The summed E-state index contributed by atoms with van der Waals surface area (Å²) in [6.45, 7) is 0. The summed E-state index contributed by atoms with van der Waals surface area (Å²) in [4.78, 5) is 22.9. The van der Waals surface area contributed by atoms with E-state index in [1.165, 1.54) is 19.2 Å². The fourth-order valence-corrected chi connectivity index (χ4v) is 2.27. The summed E-state index contributed by atoms with van der Waals surface area (Å²) in [5.74, 6) is -2.68. The maximum Gasteiger partial charge on any atom is 0.416 e. The van der Waals surface area contributed by atoms with Crippen molar-refractivity contribution in [1.82, 2.24) is 0 Å². The first-order valence-corrected chi connectivity index (χ1v) is 7.22. The molecule has 2 aromatic rings. The third-order valence-electron chi connectivity index (χ3n) is 3.49. The number of ether oxygens (including phenoxy) is 1. The molecule has 0 saturated carbocycles. The van der Waals surface area contributed by atoms with E-state index in [-0.39, 0.29) is 22.6 Å². The summed E-state index contributed by atoms with van der Waals surface area (Å²) in [5, 5.41) is 20.7. The predicted molar refractivity (Wildman–Crippen MR) is 85.4 cm³/mol. The topological polar surface area (TPSA) is 95.9 Å². The largest absolute Gasteiger partial charge is 0.507 e. The van der Waals surface area contributed by atoms with E-state index in [0.717, 1.165) is 24.3 Å². The van der Waals surface area contributed by atoms with Crippen molar-refractivity contribution >= 4 is 17.6 Å². The molecule has 3 N–H and O–H groups in total. The van der Waals surface area contributed by atoms with Gasteiger partial charge in [0.15, 0.2) is 0 Å². The number of aromatic hydroxyl groups is 1. The molecule has 26 heavy (non-hydrogen) atoms. The maximum atomic E-state index is 13.1. The number of anilines is 1. The molecule has 9 heteroatoms. The first-order valence-electron chi connectivity index (χ1n) is 7.22. The van der Waals surface area contributed by atoms with Crippen molar-refractivity contribution < 1.29 is 37.7 Å². The molecule has 0 unspecified atom stereocenters. The number of amides is 1. The minimum absolute atomic E-state index is 0.00987. The highest BCUT2D eigenvalue weighted by molar-refractivity contribution is 5.95. The van der Waals surface area contributed by atoms with Crippen LogP contribution in [0.4, 0.5) is 18.9 Å². The molecule has 0 saturated heterocycles. The second kappa shape index (κ2) is 7.34. The summed E-state index contributed by atoms with van der Waals surface area (Å²) < 4.78 is 44.2. The number of hydrogen-bond donors (Lipinski definition) is 3. The van der Waals surface area contributed by atoms with Gasteiger partial charge in [0.2, 0.25) is 5.91 Å². The number of carbonyl (C=O) groups excluding carboxylic acids is 1. The molecule has 0 spiro atoms. The van der Waals surface area contributed by atoms with Crippen LogP contribution < -0.4 is 10.1 Å². The number of carboxylic acid groups (broad SMARTS) is 1. The first-order chi connectivity index (χ1) is 12.1. The second-order valence-corrected chi connectivity index (χ2v) is 5.28. The van der Waals surface area contributed by atoms with Crippen molar-refractivity contribution in [3.05, 3.63) is 53.1 Å². The van der Waals surface area contributed by atoms with Crippen LogP contribution in [0.15, 0.2) is 36.4 Å². The molecule has 0 aromatic heterocycles. The monoisotopic (exact) mass is 369 g/mol. The van der Waals surface area contributed by atoms with Gasteiger partial charge in [0, 0.05) is 11.8 Å². The number of rotatable bonds is 5. The maximum absolute atomic E-state index is 13.1. The van der Waals surface area contributed by atoms with Crippen LogP contribution in [0.5, 0.6) is 11.5 Å². The molecule has 2 rings (SSSR count). The molecule has 0 heterocycles. The number of aromatic carboxylic acids is 1. The average molecular weight is 369 g/mol. The van der Waals surface area contributed by atoms with Gasteiger partial charge in [-0.1, -0.05) is 6.07 Å². The van der Waals surface area contributed by atoms with Crippen LogP contribution in [0.25, 0.3) is 0 Å². The molecule has 0 aliphatic heterocycles. The molecular formula is C17H14F3NO5. The molecular weight excluding hydrogens is 355 g/mol.